The number of nitrogens with two attached hydrogens (primary N) is 1. The zero-order valence-electron chi connectivity index (χ0n) is 16.1. The molecule has 4 rings (SSSR count). The summed E-state index contributed by atoms with van der Waals surface area (Å²) in [7, 11) is 0. The second-order valence-electron chi connectivity index (χ2n) is 7.62. The van der Waals surface area contributed by atoms with Crippen molar-refractivity contribution < 1.29 is 13.5 Å². The van der Waals surface area contributed by atoms with Gasteiger partial charge in [-0.2, -0.15) is 0 Å². The van der Waals surface area contributed by atoms with E-state index in [9.17, 15) is 8.78 Å². The first-order valence-corrected chi connectivity index (χ1v) is 10.1. The Balaban J connectivity index is 1.40. The van der Waals surface area contributed by atoms with Crippen LogP contribution in [0.4, 0.5) is 20.2 Å². The van der Waals surface area contributed by atoms with Crippen LogP contribution in [-0.2, 0) is 0 Å². The Labute approximate surface area is 174 Å². The fraction of sp³-hybridized carbons (Fsp3) is 0.364. The predicted molar refractivity (Wildman–Crippen MR) is 113 cm³/mol. The van der Waals surface area contributed by atoms with Crippen LogP contribution in [0, 0.1) is 11.6 Å². The van der Waals surface area contributed by atoms with Crippen molar-refractivity contribution >= 4 is 23.0 Å². The topological polar surface area (TPSA) is 41.7 Å². The summed E-state index contributed by atoms with van der Waals surface area (Å²) in [6.07, 6.45) is 1.65. The molecular weight excluding hydrogens is 396 g/mol. The highest BCUT2D eigenvalue weighted by molar-refractivity contribution is 6.31. The molecule has 0 atom stereocenters. The number of nitrogen functional groups attached to an aromatic ring is 1. The number of rotatable bonds is 4. The standard InChI is InChI=1S/C22H24ClF2N3O/c1-14(28-8-9-29-21-11-16(23)10-20(26)22(21)28)13-27-6-4-15(5-7-27)18-3-2-17(24)12-19(18)25/h2-3,10-12,15H,1,4-9,13,26H2. The molecule has 154 valence electrons. The Morgan fingerprint density at radius 3 is 2.66 bits per heavy atom. The van der Waals surface area contributed by atoms with E-state index in [0.717, 1.165) is 43.4 Å². The molecule has 1 fully saturated rings. The highest BCUT2D eigenvalue weighted by Gasteiger charge is 2.27. The molecule has 2 aliphatic rings. The number of nitrogens with zero attached hydrogens (tertiary/aromatic N) is 2. The molecule has 29 heavy (non-hydrogen) atoms. The highest BCUT2D eigenvalue weighted by atomic mass is 35.5. The van der Waals surface area contributed by atoms with E-state index in [0.29, 0.717) is 41.7 Å². The summed E-state index contributed by atoms with van der Waals surface area (Å²) in [6.45, 7) is 7.84. The van der Waals surface area contributed by atoms with Crippen LogP contribution in [0.5, 0.6) is 5.75 Å². The van der Waals surface area contributed by atoms with E-state index < -0.39 is 11.6 Å². The van der Waals surface area contributed by atoms with Gasteiger partial charge in [0.15, 0.2) is 0 Å². The molecule has 2 aliphatic heterocycles. The molecule has 0 saturated carbocycles. The summed E-state index contributed by atoms with van der Waals surface area (Å²) in [6, 6.07) is 7.37. The summed E-state index contributed by atoms with van der Waals surface area (Å²) >= 11 is 6.09. The summed E-state index contributed by atoms with van der Waals surface area (Å²) in [5.74, 6) is -0.201. The zero-order chi connectivity index (χ0) is 20.5. The molecule has 0 radical (unpaired) electrons. The lowest BCUT2D eigenvalue weighted by Gasteiger charge is -2.38. The Morgan fingerprint density at radius 2 is 1.93 bits per heavy atom. The van der Waals surface area contributed by atoms with Crippen LogP contribution in [0.15, 0.2) is 42.6 Å². The number of piperidine rings is 1. The molecule has 4 nitrogen and oxygen atoms in total. The molecule has 2 aromatic rings. The highest BCUT2D eigenvalue weighted by Crippen LogP contribution is 2.41. The summed E-state index contributed by atoms with van der Waals surface area (Å²) in [5.41, 5.74) is 9.12. The van der Waals surface area contributed by atoms with Gasteiger partial charge in [-0.25, -0.2) is 8.78 Å². The molecule has 0 aliphatic carbocycles. The van der Waals surface area contributed by atoms with E-state index in [4.69, 9.17) is 22.1 Å². The second kappa shape index (κ2) is 8.20. The predicted octanol–water partition coefficient (Wildman–Crippen LogP) is 4.79. The first kappa shape index (κ1) is 20.0. The third kappa shape index (κ3) is 4.19. The third-order valence-corrected chi connectivity index (χ3v) is 5.91. The number of hydrogen-bond acceptors (Lipinski definition) is 4. The van der Waals surface area contributed by atoms with Crippen molar-refractivity contribution in [1.82, 2.24) is 4.90 Å². The summed E-state index contributed by atoms with van der Waals surface area (Å²) in [4.78, 5) is 4.40. The van der Waals surface area contributed by atoms with Gasteiger partial charge in [0.2, 0.25) is 0 Å². The molecule has 0 spiro atoms. The molecule has 2 aromatic carbocycles. The Morgan fingerprint density at radius 1 is 1.17 bits per heavy atom. The average Bonchev–Trinajstić information content (AvgIpc) is 2.68. The Bertz CT molecular complexity index is 929. The number of anilines is 2. The van der Waals surface area contributed by atoms with Gasteiger partial charge in [0, 0.05) is 29.4 Å². The normalized spacial score (nSPS) is 17.7. The van der Waals surface area contributed by atoms with Gasteiger partial charge in [-0.05, 0) is 49.5 Å². The van der Waals surface area contributed by atoms with Gasteiger partial charge in [0.05, 0.1) is 12.2 Å². The zero-order valence-corrected chi connectivity index (χ0v) is 16.9. The van der Waals surface area contributed by atoms with Crippen molar-refractivity contribution in [2.75, 3.05) is 43.4 Å². The SMILES string of the molecule is C=C(CN1CCC(c2ccc(F)cc2F)CC1)N1CCOc2cc(Cl)cc(N)c21. The molecule has 0 aromatic heterocycles. The van der Waals surface area contributed by atoms with Gasteiger partial charge in [0.25, 0.3) is 0 Å². The summed E-state index contributed by atoms with van der Waals surface area (Å²) < 4.78 is 33.0. The first-order chi connectivity index (χ1) is 13.9. The average molecular weight is 420 g/mol. The number of likely N-dealkylation sites (tertiary alicyclic amines) is 1. The van der Waals surface area contributed by atoms with Gasteiger partial charge in [-0.15, -0.1) is 0 Å². The van der Waals surface area contributed by atoms with Crippen molar-refractivity contribution in [2.24, 2.45) is 0 Å². The maximum absolute atomic E-state index is 14.1. The molecular formula is C22H24ClF2N3O. The van der Waals surface area contributed by atoms with Gasteiger partial charge in [-0.1, -0.05) is 24.2 Å². The second-order valence-corrected chi connectivity index (χ2v) is 8.06. The molecule has 0 unspecified atom stereocenters. The largest absolute Gasteiger partial charge is 0.489 e. The number of fused-ring (bicyclic) bond motifs is 1. The lowest BCUT2D eigenvalue weighted by molar-refractivity contribution is 0.223. The van der Waals surface area contributed by atoms with E-state index in [1.54, 1.807) is 18.2 Å². The fourth-order valence-electron chi connectivity index (χ4n) is 4.25. The third-order valence-electron chi connectivity index (χ3n) is 5.69. The van der Waals surface area contributed by atoms with Crippen LogP contribution in [0.1, 0.15) is 24.3 Å². The van der Waals surface area contributed by atoms with Gasteiger partial charge in [-0.3, -0.25) is 4.90 Å². The van der Waals surface area contributed by atoms with E-state index >= 15 is 0 Å². The van der Waals surface area contributed by atoms with Crippen molar-refractivity contribution in [2.45, 2.75) is 18.8 Å². The maximum atomic E-state index is 14.1. The summed E-state index contributed by atoms with van der Waals surface area (Å²) in [5, 5.41) is 0.545. The first-order valence-electron chi connectivity index (χ1n) is 9.77. The van der Waals surface area contributed by atoms with Crippen LogP contribution in [0.2, 0.25) is 5.02 Å². The van der Waals surface area contributed by atoms with E-state index in [-0.39, 0.29) is 5.92 Å². The molecule has 0 bridgehead atoms. The molecule has 2 heterocycles. The van der Waals surface area contributed by atoms with Gasteiger partial charge in [0.1, 0.15) is 29.7 Å². The monoisotopic (exact) mass is 419 g/mol. The van der Waals surface area contributed by atoms with Crippen LogP contribution < -0.4 is 15.4 Å². The van der Waals surface area contributed by atoms with Crippen molar-refractivity contribution in [3.63, 3.8) is 0 Å². The number of benzene rings is 2. The number of ether oxygens (including phenoxy) is 1. The van der Waals surface area contributed by atoms with Crippen molar-refractivity contribution in [1.29, 1.82) is 0 Å². The van der Waals surface area contributed by atoms with Crippen LogP contribution in [0.3, 0.4) is 0 Å². The number of halogens is 3. The van der Waals surface area contributed by atoms with Gasteiger partial charge < -0.3 is 15.4 Å². The van der Waals surface area contributed by atoms with Crippen LogP contribution in [0.25, 0.3) is 0 Å². The Hall–Kier alpha value is -2.31. The van der Waals surface area contributed by atoms with Gasteiger partial charge >= 0.3 is 0 Å². The van der Waals surface area contributed by atoms with Crippen LogP contribution in [-0.4, -0.2) is 37.7 Å². The molecule has 0 amide bonds. The van der Waals surface area contributed by atoms with E-state index in [2.05, 4.69) is 16.4 Å². The molecule has 7 heteroatoms. The fourth-order valence-corrected chi connectivity index (χ4v) is 4.46. The van der Waals surface area contributed by atoms with Crippen molar-refractivity contribution in [3.05, 3.63) is 64.8 Å². The molecule has 2 N–H and O–H groups in total. The number of hydrogen-bond donors (Lipinski definition) is 1. The quantitative estimate of drug-likeness (QED) is 0.723. The van der Waals surface area contributed by atoms with E-state index in [1.807, 2.05) is 0 Å². The lowest BCUT2D eigenvalue weighted by Crippen LogP contribution is -2.40. The Kier molecular flexibility index (Phi) is 5.65. The van der Waals surface area contributed by atoms with Crippen LogP contribution >= 0.6 is 11.6 Å². The smallest absolute Gasteiger partial charge is 0.146 e. The minimum absolute atomic E-state index is 0.113. The minimum Gasteiger partial charge on any atom is -0.489 e. The lowest BCUT2D eigenvalue weighted by atomic mass is 9.89. The minimum atomic E-state index is -0.536. The maximum Gasteiger partial charge on any atom is 0.146 e. The van der Waals surface area contributed by atoms with E-state index in [1.165, 1.54) is 6.07 Å². The van der Waals surface area contributed by atoms with Crippen molar-refractivity contribution in [3.8, 4) is 5.75 Å². The molecule has 1 saturated heterocycles.